The Morgan fingerprint density at radius 1 is 1.22 bits per heavy atom. The summed E-state index contributed by atoms with van der Waals surface area (Å²) in [5, 5.41) is 0.0209. The highest BCUT2D eigenvalue weighted by Gasteiger charge is 2.20. The van der Waals surface area contributed by atoms with Crippen LogP contribution < -0.4 is 4.90 Å². The quantitative estimate of drug-likeness (QED) is 0.779. The molecule has 0 radical (unpaired) electrons. The first-order valence-electron chi connectivity index (χ1n) is 6.54. The van der Waals surface area contributed by atoms with Crippen LogP contribution in [0.25, 0.3) is 0 Å². The molecule has 0 spiro atoms. The van der Waals surface area contributed by atoms with Crippen LogP contribution in [0.1, 0.15) is 27.7 Å². The minimum atomic E-state index is 0.0209. The summed E-state index contributed by atoms with van der Waals surface area (Å²) >= 11 is 1.74. The summed E-state index contributed by atoms with van der Waals surface area (Å²) in [6.07, 6.45) is 0. The number of carbonyl (C=O) groups excluding carboxylic acids is 1. The van der Waals surface area contributed by atoms with Crippen LogP contribution in [0.3, 0.4) is 0 Å². The fraction of sp³-hybridized carbons (Fsp3) is 0.533. The van der Waals surface area contributed by atoms with Crippen LogP contribution in [0.2, 0.25) is 0 Å². The highest BCUT2D eigenvalue weighted by atomic mass is 32.2. The Labute approximate surface area is 115 Å². The summed E-state index contributed by atoms with van der Waals surface area (Å²) in [4.78, 5) is 14.3. The molecule has 0 aliphatic heterocycles. The van der Waals surface area contributed by atoms with E-state index in [1.165, 1.54) is 0 Å². The van der Waals surface area contributed by atoms with Gasteiger partial charge in [-0.25, -0.2) is 0 Å². The fourth-order valence-corrected chi connectivity index (χ4v) is 2.64. The molecule has 1 amide bonds. The molecule has 0 saturated carbocycles. The van der Waals surface area contributed by atoms with E-state index < -0.39 is 0 Å². The van der Waals surface area contributed by atoms with Crippen LogP contribution >= 0.6 is 11.8 Å². The van der Waals surface area contributed by atoms with Gasteiger partial charge in [-0.2, -0.15) is 0 Å². The number of nitrogens with zero attached hydrogens (tertiary/aromatic N) is 1. The predicted molar refractivity (Wildman–Crippen MR) is 81.2 cm³/mol. The van der Waals surface area contributed by atoms with Crippen LogP contribution in [0.5, 0.6) is 0 Å². The van der Waals surface area contributed by atoms with E-state index >= 15 is 0 Å². The second kappa shape index (κ2) is 7.47. The van der Waals surface area contributed by atoms with Crippen LogP contribution in [0.15, 0.2) is 30.3 Å². The maximum atomic E-state index is 12.4. The van der Waals surface area contributed by atoms with Crippen molar-refractivity contribution >= 4 is 23.4 Å². The lowest BCUT2D eigenvalue weighted by Gasteiger charge is -2.24. The number of amides is 1. The summed E-state index contributed by atoms with van der Waals surface area (Å²) in [5.74, 6) is 1.85. The van der Waals surface area contributed by atoms with Gasteiger partial charge in [0.05, 0.1) is 5.25 Å². The third-order valence-electron chi connectivity index (χ3n) is 2.68. The second-order valence-electron chi connectivity index (χ2n) is 4.79. The number of para-hydroxylation sites is 1. The van der Waals surface area contributed by atoms with Crippen molar-refractivity contribution in [2.45, 2.75) is 32.9 Å². The molecule has 0 heterocycles. The van der Waals surface area contributed by atoms with Crippen LogP contribution in [-0.4, -0.2) is 23.5 Å². The zero-order valence-corrected chi connectivity index (χ0v) is 12.5. The first-order valence-corrected chi connectivity index (χ1v) is 7.59. The van der Waals surface area contributed by atoms with Gasteiger partial charge < -0.3 is 4.90 Å². The zero-order chi connectivity index (χ0) is 13.5. The Kier molecular flexibility index (Phi) is 6.27. The summed E-state index contributed by atoms with van der Waals surface area (Å²) in [6.45, 7) is 9.10. The molecule has 1 rings (SSSR count). The highest BCUT2D eigenvalue weighted by Crippen LogP contribution is 2.20. The van der Waals surface area contributed by atoms with Gasteiger partial charge in [0.2, 0.25) is 5.91 Å². The molecule has 1 aromatic rings. The molecule has 0 fully saturated rings. The van der Waals surface area contributed by atoms with Crippen LogP contribution in [0, 0.1) is 5.92 Å². The number of hydrogen-bond acceptors (Lipinski definition) is 2. The minimum Gasteiger partial charge on any atom is -0.312 e. The smallest absolute Gasteiger partial charge is 0.239 e. The van der Waals surface area contributed by atoms with Crippen molar-refractivity contribution in [1.29, 1.82) is 0 Å². The third kappa shape index (κ3) is 4.37. The maximum Gasteiger partial charge on any atom is 0.239 e. The van der Waals surface area contributed by atoms with E-state index in [-0.39, 0.29) is 11.2 Å². The van der Waals surface area contributed by atoms with Crippen molar-refractivity contribution in [1.82, 2.24) is 0 Å². The van der Waals surface area contributed by atoms with Crippen LogP contribution in [0.4, 0.5) is 5.69 Å². The third-order valence-corrected chi connectivity index (χ3v) is 4.24. The molecular weight excluding hydrogens is 242 g/mol. The average molecular weight is 265 g/mol. The lowest BCUT2D eigenvalue weighted by Crippen LogP contribution is -2.36. The standard InChI is InChI=1S/C15H23NOS/c1-5-16(14-9-7-6-8-10-14)15(17)13(4)18-11-12(2)3/h6-10,12-13H,5,11H2,1-4H3. The molecule has 1 unspecified atom stereocenters. The van der Waals surface area contributed by atoms with Crippen molar-refractivity contribution < 1.29 is 4.79 Å². The maximum absolute atomic E-state index is 12.4. The average Bonchev–Trinajstić information content (AvgIpc) is 2.38. The number of hydrogen-bond donors (Lipinski definition) is 0. The van der Waals surface area contributed by atoms with Crippen molar-refractivity contribution in [3.05, 3.63) is 30.3 Å². The van der Waals surface area contributed by atoms with Crippen molar-refractivity contribution in [2.24, 2.45) is 5.92 Å². The number of rotatable bonds is 6. The first-order chi connectivity index (χ1) is 8.56. The summed E-state index contributed by atoms with van der Waals surface area (Å²) < 4.78 is 0. The van der Waals surface area contributed by atoms with Gasteiger partial charge >= 0.3 is 0 Å². The largest absolute Gasteiger partial charge is 0.312 e. The van der Waals surface area contributed by atoms with Gasteiger partial charge in [0.15, 0.2) is 0 Å². The lowest BCUT2D eigenvalue weighted by atomic mass is 10.2. The molecule has 3 heteroatoms. The lowest BCUT2D eigenvalue weighted by molar-refractivity contribution is -0.117. The molecule has 0 aliphatic rings. The Bertz CT molecular complexity index is 364. The monoisotopic (exact) mass is 265 g/mol. The van der Waals surface area contributed by atoms with E-state index in [2.05, 4.69) is 13.8 Å². The van der Waals surface area contributed by atoms with E-state index in [9.17, 15) is 4.79 Å². The van der Waals surface area contributed by atoms with Gasteiger partial charge in [-0.3, -0.25) is 4.79 Å². The second-order valence-corrected chi connectivity index (χ2v) is 6.16. The number of benzene rings is 1. The van der Waals surface area contributed by atoms with E-state index in [0.717, 1.165) is 18.0 Å². The molecule has 0 aromatic heterocycles. The Hall–Kier alpha value is -0.960. The molecule has 0 saturated heterocycles. The van der Waals surface area contributed by atoms with Crippen molar-refractivity contribution in [2.75, 3.05) is 17.2 Å². The molecule has 18 heavy (non-hydrogen) atoms. The summed E-state index contributed by atoms with van der Waals surface area (Å²) in [5.41, 5.74) is 0.988. The molecule has 0 N–H and O–H groups in total. The predicted octanol–water partition coefficient (Wildman–Crippen LogP) is 3.82. The Morgan fingerprint density at radius 2 is 1.83 bits per heavy atom. The molecule has 100 valence electrons. The molecule has 1 aromatic carbocycles. The zero-order valence-electron chi connectivity index (χ0n) is 11.7. The van der Waals surface area contributed by atoms with Gasteiger partial charge in [-0.1, -0.05) is 32.0 Å². The molecule has 0 bridgehead atoms. The van der Waals surface area contributed by atoms with Gasteiger partial charge in [0.1, 0.15) is 0 Å². The minimum absolute atomic E-state index is 0.0209. The Balaban J connectivity index is 2.68. The first kappa shape index (κ1) is 15.1. The Morgan fingerprint density at radius 3 is 2.33 bits per heavy atom. The topological polar surface area (TPSA) is 20.3 Å². The van der Waals surface area contributed by atoms with Crippen molar-refractivity contribution in [3.63, 3.8) is 0 Å². The molecular formula is C15H23NOS. The van der Waals surface area contributed by atoms with Gasteiger partial charge in [-0.15, -0.1) is 11.8 Å². The SMILES string of the molecule is CCN(C(=O)C(C)SCC(C)C)c1ccccc1. The normalized spacial score (nSPS) is 12.5. The summed E-state index contributed by atoms with van der Waals surface area (Å²) in [7, 11) is 0. The van der Waals surface area contributed by atoms with Crippen molar-refractivity contribution in [3.8, 4) is 0 Å². The number of thioether (sulfide) groups is 1. The number of anilines is 1. The molecule has 0 aliphatic carbocycles. The van der Waals surface area contributed by atoms with E-state index in [1.54, 1.807) is 11.8 Å². The number of carbonyl (C=O) groups is 1. The molecule has 1 atom stereocenters. The van der Waals surface area contributed by atoms with Crippen LogP contribution in [-0.2, 0) is 4.79 Å². The summed E-state index contributed by atoms with van der Waals surface area (Å²) in [6, 6.07) is 9.88. The van der Waals surface area contributed by atoms with Gasteiger partial charge in [0.25, 0.3) is 0 Å². The van der Waals surface area contributed by atoms with E-state index in [4.69, 9.17) is 0 Å². The van der Waals surface area contributed by atoms with E-state index in [0.29, 0.717) is 5.92 Å². The van der Waals surface area contributed by atoms with Gasteiger partial charge in [-0.05, 0) is 37.7 Å². The van der Waals surface area contributed by atoms with Gasteiger partial charge in [0, 0.05) is 12.2 Å². The highest BCUT2D eigenvalue weighted by molar-refractivity contribution is 8.00. The fourth-order valence-electron chi connectivity index (χ4n) is 1.70. The van der Waals surface area contributed by atoms with E-state index in [1.807, 2.05) is 49.1 Å². The molecule has 2 nitrogen and oxygen atoms in total.